The number of hydrogen-bond acceptors (Lipinski definition) is 4. The fraction of sp³-hybridized carbons (Fsp3) is 0.400. The van der Waals surface area contributed by atoms with Crippen molar-refractivity contribution in [3.63, 3.8) is 0 Å². The molecule has 1 heterocycles. The van der Waals surface area contributed by atoms with Crippen molar-refractivity contribution in [1.29, 1.82) is 0 Å². The van der Waals surface area contributed by atoms with E-state index < -0.39 is 0 Å². The van der Waals surface area contributed by atoms with E-state index in [2.05, 4.69) is 22.0 Å². The molecular weight excluding hydrogens is 292 g/mol. The predicted molar refractivity (Wildman–Crippen MR) is 86.3 cm³/mol. The first-order valence-corrected chi connectivity index (χ1v) is 8.00. The summed E-state index contributed by atoms with van der Waals surface area (Å²) in [7, 11) is 4.05. The zero-order valence-corrected chi connectivity index (χ0v) is 13.4. The maximum atomic E-state index is 5.78. The summed E-state index contributed by atoms with van der Waals surface area (Å²) in [6.45, 7) is 0.701. The Hall–Kier alpha value is -1.26. The molecule has 5 heteroatoms. The number of nitrogens with zero attached hydrogens (tertiary/aromatic N) is 2. The Balaban J connectivity index is 1.77. The largest absolute Gasteiger partial charge is 0.494 e. The van der Waals surface area contributed by atoms with E-state index >= 15 is 0 Å². The Kier molecular flexibility index (Phi) is 5.68. The van der Waals surface area contributed by atoms with Gasteiger partial charge in [-0.3, -0.25) is 0 Å². The van der Waals surface area contributed by atoms with Crippen LogP contribution in [0.5, 0.6) is 5.75 Å². The second kappa shape index (κ2) is 7.50. The number of aryl methyl sites for hydroxylation is 1. The van der Waals surface area contributed by atoms with E-state index in [0.29, 0.717) is 12.5 Å². The van der Waals surface area contributed by atoms with E-state index in [-0.39, 0.29) is 0 Å². The van der Waals surface area contributed by atoms with E-state index in [1.165, 1.54) is 0 Å². The lowest BCUT2D eigenvalue weighted by Gasteiger charge is -2.13. The Morgan fingerprint density at radius 1 is 1.35 bits per heavy atom. The Morgan fingerprint density at radius 3 is 2.90 bits per heavy atom. The van der Waals surface area contributed by atoms with E-state index in [9.17, 15) is 0 Å². The van der Waals surface area contributed by atoms with E-state index in [4.69, 9.17) is 16.3 Å². The second-order valence-electron chi connectivity index (χ2n) is 4.71. The fourth-order valence-electron chi connectivity index (χ4n) is 1.79. The minimum Gasteiger partial charge on any atom is -0.494 e. The number of anilines is 1. The number of alkyl halides is 1. The van der Waals surface area contributed by atoms with E-state index in [0.717, 1.165) is 35.0 Å². The molecule has 0 aliphatic rings. The standard InChI is InChI=1S/C15H19ClN2OS/c1-18(2)13-5-3-6-14(9-13)19-8-4-7-15-17-12(10-16)11-20-15/h3,5-6,9,11H,4,7-8,10H2,1-2H3. The fourth-order valence-corrected chi connectivity index (χ4v) is 2.86. The molecule has 20 heavy (non-hydrogen) atoms. The first-order chi connectivity index (χ1) is 9.69. The summed E-state index contributed by atoms with van der Waals surface area (Å²) in [5, 5.41) is 3.15. The highest BCUT2D eigenvalue weighted by Gasteiger charge is 2.02. The molecule has 108 valence electrons. The number of hydrogen-bond donors (Lipinski definition) is 0. The maximum Gasteiger partial charge on any atom is 0.121 e. The van der Waals surface area contributed by atoms with E-state index in [1.54, 1.807) is 11.3 Å². The van der Waals surface area contributed by atoms with Gasteiger partial charge < -0.3 is 9.64 Å². The topological polar surface area (TPSA) is 25.4 Å². The van der Waals surface area contributed by atoms with Gasteiger partial charge in [0.05, 0.1) is 23.2 Å². The molecule has 0 bridgehead atoms. The number of rotatable bonds is 7. The van der Waals surface area contributed by atoms with Gasteiger partial charge in [0.25, 0.3) is 0 Å². The summed E-state index contributed by atoms with van der Waals surface area (Å²) < 4.78 is 5.78. The van der Waals surface area contributed by atoms with Crippen LogP contribution >= 0.6 is 22.9 Å². The Labute approximate surface area is 129 Å². The molecule has 0 aliphatic carbocycles. The molecule has 1 aromatic heterocycles. The molecule has 0 spiro atoms. The van der Waals surface area contributed by atoms with Gasteiger partial charge in [-0.2, -0.15) is 0 Å². The molecule has 3 nitrogen and oxygen atoms in total. The van der Waals surface area contributed by atoms with E-state index in [1.807, 2.05) is 31.6 Å². The zero-order valence-electron chi connectivity index (χ0n) is 11.8. The van der Waals surface area contributed by atoms with Gasteiger partial charge in [0.1, 0.15) is 5.75 Å². The van der Waals surface area contributed by atoms with Crippen molar-refractivity contribution in [2.24, 2.45) is 0 Å². The highest BCUT2D eigenvalue weighted by molar-refractivity contribution is 7.09. The van der Waals surface area contributed by atoms with Gasteiger partial charge in [-0.25, -0.2) is 4.98 Å². The number of benzene rings is 1. The lowest BCUT2D eigenvalue weighted by molar-refractivity contribution is 0.311. The van der Waals surface area contributed by atoms with Gasteiger partial charge in [0.15, 0.2) is 0 Å². The molecule has 1 aromatic carbocycles. The van der Waals surface area contributed by atoms with Crippen LogP contribution in [0.3, 0.4) is 0 Å². The van der Waals surface area contributed by atoms with Crippen LogP contribution in [0.15, 0.2) is 29.6 Å². The molecular formula is C15H19ClN2OS. The van der Waals surface area contributed by atoms with Crippen molar-refractivity contribution >= 4 is 28.6 Å². The molecule has 0 fully saturated rings. The van der Waals surface area contributed by atoms with Crippen LogP contribution in [-0.2, 0) is 12.3 Å². The van der Waals surface area contributed by atoms with Crippen molar-refractivity contribution in [2.45, 2.75) is 18.7 Å². The summed E-state index contributed by atoms with van der Waals surface area (Å²) in [4.78, 5) is 6.50. The lowest BCUT2D eigenvalue weighted by atomic mass is 10.3. The highest BCUT2D eigenvalue weighted by atomic mass is 35.5. The van der Waals surface area contributed by atoms with Crippen LogP contribution in [0.25, 0.3) is 0 Å². The summed E-state index contributed by atoms with van der Waals surface area (Å²) in [5.74, 6) is 1.40. The predicted octanol–water partition coefficient (Wildman–Crippen LogP) is 3.96. The van der Waals surface area contributed by atoms with Crippen LogP contribution < -0.4 is 9.64 Å². The third kappa shape index (κ3) is 4.39. The number of ether oxygens (including phenoxy) is 1. The van der Waals surface area contributed by atoms with Crippen LogP contribution in [-0.4, -0.2) is 25.7 Å². The SMILES string of the molecule is CN(C)c1cccc(OCCCc2nc(CCl)cs2)c1. The van der Waals surface area contributed by atoms with Crippen LogP contribution in [0.2, 0.25) is 0 Å². The smallest absolute Gasteiger partial charge is 0.121 e. The van der Waals surface area contributed by atoms with Gasteiger partial charge in [-0.05, 0) is 18.6 Å². The normalized spacial score (nSPS) is 10.6. The molecule has 0 aliphatic heterocycles. The minimum atomic E-state index is 0.490. The van der Waals surface area contributed by atoms with Crippen molar-refractivity contribution in [3.05, 3.63) is 40.3 Å². The molecule has 0 atom stereocenters. The van der Waals surface area contributed by atoms with Crippen molar-refractivity contribution in [1.82, 2.24) is 4.98 Å². The second-order valence-corrected chi connectivity index (χ2v) is 5.92. The van der Waals surface area contributed by atoms with Crippen molar-refractivity contribution in [2.75, 3.05) is 25.6 Å². The maximum absolute atomic E-state index is 5.78. The summed E-state index contributed by atoms with van der Waals surface area (Å²) >= 11 is 7.41. The molecule has 2 aromatic rings. The zero-order chi connectivity index (χ0) is 14.4. The monoisotopic (exact) mass is 310 g/mol. The van der Waals surface area contributed by atoms with Crippen molar-refractivity contribution in [3.8, 4) is 5.75 Å². The molecule has 0 amide bonds. The van der Waals surface area contributed by atoms with Gasteiger partial charge in [0, 0.05) is 37.6 Å². The molecule has 0 radical (unpaired) electrons. The first kappa shape index (κ1) is 15.1. The van der Waals surface area contributed by atoms with Gasteiger partial charge in [-0.1, -0.05) is 6.07 Å². The number of halogens is 1. The van der Waals surface area contributed by atoms with Gasteiger partial charge in [-0.15, -0.1) is 22.9 Å². The van der Waals surface area contributed by atoms with Gasteiger partial charge in [0.2, 0.25) is 0 Å². The first-order valence-electron chi connectivity index (χ1n) is 6.58. The Morgan fingerprint density at radius 2 is 2.20 bits per heavy atom. The summed E-state index contributed by atoms with van der Waals surface area (Å²) in [6.07, 6.45) is 1.90. The van der Waals surface area contributed by atoms with Crippen LogP contribution in [0, 0.1) is 0 Å². The minimum absolute atomic E-state index is 0.490. The third-order valence-corrected chi connectivity index (χ3v) is 4.11. The average Bonchev–Trinajstić information content (AvgIpc) is 2.92. The van der Waals surface area contributed by atoms with Gasteiger partial charge >= 0.3 is 0 Å². The molecule has 0 N–H and O–H groups in total. The summed E-state index contributed by atoms with van der Waals surface area (Å²) in [6, 6.07) is 8.12. The van der Waals surface area contributed by atoms with Crippen molar-refractivity contribution < 1.29 is 4.74 Å². The molecule has 0 saturated carbocycles. The quantitative estimate of drug-likeness (QED) is 0.572. The number of aromatic nitrogens is 1. The third-order valence-electron chi connectivity index (χ3n) is 2.87. The molecule has 0 saturated heterocycles. The molecule has 0 unspecified atom stereocenters. The lowest BCUT2D eigenvalue weighted by Crippen LogP contribution is -2.08. The summed E-state index contributed by atoms with van der Waals surface area (Å²) in [5.41, 5.74) is 2.11. The number of thiazole rings is 1. The van der Waals surface area contributed by atoms with Crippen LogP contribution in [0.1, 0.15) is 17.1 Å². The average molecular weight is 311 g/mol. The highest BCUT2D eigenvalue weighted by Crippen LogP contribution is 2.20. The Bertz CT molecular complexity index is 542. The van der Waals surface area contributed by atoms with Crippen LogP contribution in [0.4, 0.5) is 5.69 Å². The molecule has 2 rings (SSSR count).